The molecular weight excluding hydrogens is 228 g/mol. The van der Waals surface area contributed by atoms with Crippen LogP contribution in [0, 0.1) is 0 Å². The van der Waals surface area contributed by atoms with E-state index < -0.39 is 6.16 Å². The lowest BCUT2D eigenvalue weighted by molar-refractivity contribution is 0.0491. The molecule has 0 heterocycles. The van der Waals surface area contributed by atoms with Crippen molar-refractivity contribution >= 4 is 6.16 Å². The fourth-order valence-electron chi connectivity index (χ4n) is 1.72. The molecule has 0 N–H and O–H groups in total. The van der Waals surface area contributed by atoms with Crippen LogP contribution in [0.5, 0.6) is 0 Å². The van der Waals surface area contributed by atoms with Gasteiger partial charge in [0.15, 0.2) is 0 Å². The summed E-state index contributed by atoms with van der Waals surface area (Å²) in [7, 11) is 1.34. The van der Waals surface area contributed by atoms with Crippen LogP contribution in [0.3, 0.4) is 0 Å². The van der Waals surface area contributed by atoms with E-state index >= 15 is 0 Å². The summed E-state index contributed by atoms with van der Waals surface area (Å²) in [5.41, 5.74) is 0. The van der Waals surface area contributed by atoms with Gasteiger partial charge in [-0.1, -0.05) is 45.6 Å². The summed E-state index contributed by atoms with van der Waals surface area (Å²) in [5.74, 6) is 0. The topological polar surface area (TPSA) is 35.5 Å². The lowest BCUT2D eigenvalue weighted by atomic mass is 10.1. The summed E-state index contributed by atoms with van der Waals surface area (Å²) in [4.78, 5) is 11.1. The predicted octanol–water partition coefficient (Wildman–Crippen LogP) is 4.85. The van der Waals surface area contributed by atoms with Gasteiger partial charge in [0, 0.05) is 0 Å². The van der Waals surface area contributed by atoms with Gasteiger partial charge in [0.1, 0.15) is 6.10 Å². The smallest absolute Gasteiger partial charge is 0.438 e. The van der Waals surface area contributed by atoms with Crippen LogP contribution in [-0.2, 0) is 9.47 Å². The van der Waals surface area contributed by atoms with E-state index in [1.165, 1.54) is 39.2 Å². The van der Waals surface area contributed by atoms with E-state index in [4.69, 9.17) is 4.74 Å². The molecular formula is C15H28O3. The maximum absolute atomic E-state index is 11.1. The Morgan fingerprint density at radius 2 is 1.78 bits per heavy atom. The second-order valence-electron chi connectivity index (χ2n) is 4.53. The largest absolute Gasteiger partial charge is 0.508 e. The first-order valence-corrected chi connectivity index (χ1v) is 7.15. The fourth-order valence-corrected chi connectivity index (χ4v) is 1.72. The molecule has 0 aliphatic heterocycles. The summed E-state index contributed by atoms with van der Waals surface area (Å²) < 4.78 is 9.74. The van der Waals surface area contributed by atoms with Gasteiger partial charge in [-0.3, -0.25) is 0 Å². The number of unbranched alkanes of at least 4 members (excludes halogenated alkanes) is 5. The zero-order chi connectivity index (χ0) is 13.6. The molecule has 1 unspecified atom stereocenters. The molecule has 0 saturated carbocycles. The maximum atomic E-state index is 11.1. The number of hydrogen-bond donors (Lipinski definition) is 0. The fraction of sp³-hybridized carbons (Fsp3) is 0.800. The standard InChI is InChI=1S/C15H28O3/c1-4-6-8-9-11-13-14(12-10-7-5-2)18-15(16)17-3/h11,13-14H,4-10,12H2,1-3H3/b13-11+. The van der Waals surface area contributed by atoms with Crippen LogP contribution in [0.25, 0.3) is 0 Å². The van der Waals surface area contributed by atoms with E-state index in [-0.39, 0.29) is 6.10 Å². The van der Waals surface area contributed by atoms with Gasteiger partial charge in [-0.25, -0.2) is 4.79 Å². The van der Waals surface area contributed by atoms with Gasteiger partial charge < -0.3 is 9.47 Å². The molecule has 0 spiro atoms. The minimum Gasteiger partial charge on any atom is -0.438 e. The van der Waals surface area contributed by atoms with Crippen molar-refractivity contribution in [1.29, 1.82) is 0 Å². The molecule has 0 aromatic heterocycles. The van der Waals surface area contributed by atoms with Crippen LogP contribution in [0.1, 0.15) is 65.2 Å². The van der Waals surface area contributed by atoms with Gasteiger partial charge in [0.05, 0.1) is 7.11 Å². The summed E-state index contributed by atoms with van der Waals surface area (Å²) >= 11 is 0. The number of ether oxygens (including phenoxy) is 2. The molecule has 0 fully saturated rings. The predicted molar refractivity (Wildman–Crippen MR) is 74.7 cm³/mol. The summed E-state index contributed by atoms with van der Waals surface area (Å²) in [5, 5.41) is 0. The Morgan fingerprint density at radius 1 is 1.11 bits per heavy atom. The van der Waals surface area contributed by atoms with E-state index in [1.54, 1.807) is 0 Å². The SMILES string of the molecule is CCCCC/C=C/C(CCCCC)OC(=O)OC. The molecule has 3 nitrogen and oxygen atoms in total. The molecule has 1 atom stereocenters. The summed E-state index contributed by atoms with van der Waals surface area (Å²) in [6.45, 7) is 4.36. The number of rotatable bonds is 10. The number of methoxy groups -OCH3 is 1. The molecule has 3 heteroatoms. The van der Waals surface area contributed by atoms with E-state index in [2.05, 4.69) is 24.7 Å². The maximum Gasteiger partial charge on any atom is 0.508 e. The minimum absolute atomic E-state index is 0.134. The van der Waals surface area contributed by atoms with Gasteiger partial charge in [-0.15, -0.1) is 0 Å². The highest BCUT2D eigenvalue weighted by atomic mass is 16.7. The van der Waals surface area contributed by atoms with Crippen LogP contribution >= 0.6 is 0 Å². The molecule has 0 rings (SSSR count). The van der Waals surface area contributed by atoms with Crippen LogP contribution in [-0.4, -0.2) is 19.4 Å². The molecule has 0 radical (unpaired) electrons. The highest BCUT2D eigenvalue weighted by Crippen LogP contribution is 2.10. The van der Waals surface area contributed by atoms with Crippen molar-refractivity contribution in [3.63, 3.8) is 0 Å². The Hall–Kier alpha value is -0.990. The molecule has 0 aliphatic rings. The van der Waals surface area contributed by atoms with Gasteiger partial charge >= 0.3 is 6.16 Å². The zero-order valence-corrected chi connectivity index (χ0v) is 12.1. The molecule has 0 amide bonds. The summed E-state index contributed by atoms with van der Waals surface area (Å²) in [6, 6.07) is 0. The van der Waals surface area contributed by atoms with Crippen molar-refractivity contribution in [2.75, 3.05) is 7.11 Å². The summed E-state index contributed by atoms with van der Waals surface area (Å²) in [6.07, 6.45) is 12.4. The van der Waals surface area contributed by atoms with Crippen molar-refractivity contribution in [2.24, 2.45) is 0 Å². The molecule has 0 aromatic rings. The van der Waals surface area contributed by atoms with Gasteiger partial charge in [0.2, 0.25) is 0 Å². The van der Waals surface area contributed by atoms with E-state index in [0.717, 1.165) is 19.3 Å². The van der Waals surface area contributed by atoms with Crippen molar-refractivity contribution in [1.82, 2.24) is 0 Å². The van der Waals surface area contributed by atoms with Gasteiger partial charge in [0.25, 0.3) is 0 Å². The lowest BCUT2D eigenvalue weighted by Gasteiger charge is -2.13. The molecule has 0 aromatic carbocycles. The highest BCUT2D eigenvalue weighted by Gasteiger charge is 2.10. The average molecular weight is 256 g/mol. The number of allylic oxidation sites excluding steroid dienone is 1. The van der Waals surface area contributed by atoms with E-state index in [1.807, 2.05) is 6.08 Å². The number of hydrogen-bond acceptors (Lipinski definition) is 3. The number of carbonyl (C=O) groups is 1. The van der Waals surface area contributed by atoms with Crippen molar-refractivity contribution in [3.8, 4) is 0 Å². The van der Waals surface area contributed by atoms with Crippen LogP contribution in [0.2, 0.25) is 0 Å². The minimum atomic E-state index is -0.588. The molecule has 0 aliphatic carbocycles. The van der Waals surface area contributed by atoms with Crippen LogP contribution < -0.4 is 0 Å². The first kappa shape index (κ1) is 17.0. The quantitative estimate of drug-likeness (QED) is 0.318. The van der Waals surface area contributed by atoms with Gasteiger partial charge in [-0.05, 0) is 31.8 Å². The first-order chi connectivity index (χ1) is 8.74. The lowest BCUT2D eigenvalue weighted by Crippen LogP contribution is -2.16. The Labute approximate surface area is 112 Å². The van der Waals surface area contributed by atoms with Crippen LogP contribution in [0.15, 0.2) is 12.2 Å². The van der Waals surface area contributed by atoms with Crippen molar-refractivity contribution in [2.45, 2.75) is 71.3 Å². The Balaban J connectivity index is 3.98. The van der Waals surface area contributed by atoms with E-state index in [9.17, 15) is 4.79 Å². The molecule has 18 heavy (non-hydrogen) atoms. The monoisotopic (exact) mass is 256 g/mol. The Morgan fingerprint density at radius 3 is 2.39 bits per heavy atom. The normalized spacial score (nSPS) is 12.6. The van der Waals surface area contributed by atoms with Crippen molar-refractivity contribution < 1.29 is 14.3 Å². The van der Waals surface area contributed by atoms with E-state index in [0.29, 0.717) is 0 Å². The Kier molecular flexibility index (Phi) is 11.8. The molecule has 0 bridgehead atoms. The third-order valence-corrected chi connectivity index (χ3v) is 2.83. The van der Waals surface area contributed by atoms with Crippen LogP contribution in [0.4, 0.5) is 4.79 Å². The third-order valence-electron chi connectivity index (χ3n) is 2.83. The third kappa shape index (κ3) is 10.2. The van der Waals surface area contributed by atoms with Gasteiger partial charge in [-0.2, -0.15) is 0 Å². The first-order valence-electron chi connectivity index (χ1n) is 7.15. The zero-order valence-electron chi connectivity index (χ0n) is 12.1. The Bertz CT molecular complexity index is 224. The number of carbonyl (C=O) groups excluding carboxylic acids is 1. The molecule has 106 valence electrons. The van der Waals surface area contributed by atoms with Crippen molar-refractivity contribution in [3.05, 3.63) is 12.2 Å². The second kappa shape index (κ2) is 12.5. The average Bonchev–Trinajstić information content (AvgIpc) is 2.38. The highest BCUT2D eigenvalue weighted by molar-refractivity contribution is 5.60. The molecule has 0 saturated heterocycles. The second-order valence-corrected chi connectivity index (χ2v) is 4.53.